The highest BCUT2D eigenvalue weighted by molar-refractivity contribution is 6.57. The molecule has 0 spiro atoms. The highest BCUT2D eigenvalue weighted by atomic mass is 16.2. The smallest absolute Gasteiger partial charge is 0.266 e. The molecule has 1 aliphatic rings. The van der Waals surface area contributed by atoms with Crippen molar-refractivity contribution in [1.29, 1.82) is 0 Å². The lowest BCUT2D eigenvalue weighted by Crippen LogP contribution is -2.33. The van der Waals surface area contributed by atoms with Crippen LogP contribution in [0.4, 0.5) is 5.69 Å². The largest absolute Gasteiger partial charge is 0.341 e. The van der Waals surface area contributed by atoms with E-state index in [2.05, 4.69) is 99.9 Å². The molecular weight excluding hydrogens is 588 g/mol. The van der Waals surface area contributed by atoms with Crippen molar-refractivity contribution in [3.05, 3.63) is 149 Å². The number of fused-ring (bicyclic) bond motifs is 3. The molecule has 0 bridgehead atoms. The van der Waals surface area contributed by atoms with Crippen LogP contribution in [-0.4, -0.2) is 16.4 Å². The van der Waals surface area contributed by atoms with E-state index in [0.29, 0.717) is 11.1 Å². The van der Waals surface area contributed by atoms with Crippen LogP contribution in [0, 0.1) is 0 Å². The summed E-state index contributed by atoms with van der Waals surface area (Å²) in [5.74, 6) is -0.316. The van der Waals surface area contributed by atoms with Gasteiger partial charge in [0.15, 0.2) is 0 Å². The van der Waals surface area contributed by atoms with E-state index in [0.717, 1.165) is 67.4 Å². The number of para-hydroxylation sites is 2. The molecule has 2 amide bonds. The fourth-order valence-electron chi connectivity index (χ4n) is 7.11. The highest BCUT2D eigenvalue weighted by Gasteiger charge is 2.42. The van der Waals surface area contributed by atoms with E-state index in [4.69, 9.17) is 0 Å². The van der Waals surface area contributed by atoms with Crippen molar-refractivity contribution in [3.63, 3.8) is 0 Å². The molecule has 0 aliphatic carbocycles. The Morgan fingerprint density at radius 3 is 1.73 bits per heavy atom. The molecule has 0 saturated carbocycles. The van der Waals surface area contributed by atoms with Gasteiger partial charge in [-0.3, -0.25) is 9.59 Å². The molecule has 6 aromatic rings. The van der Waals surface area contributed by atoms with Gasteiger partial charge < -0.3 is 4.57 Å². The lowest BCUT2D eigenvalue weighted by Gasteiger charge is -2.26. The summed E-state index contributed by atoms with van der Waals surface area (Å²) in [6.07, 6.45) is 4.14. The first-order valence-corrected chi connectivity index (χ1v) is 16.9. The Labute approximate surface area is 282 Å². The summed E-state index contributed by atoms with van der Waals surface area (Å²) in [6, 6.07) is 38.8. The second kappa shape index (κ2) is 12.6. The third-order valence-corrected chi connectivity index (χ3v) is 9.49. The Morgan fingerprint density at radius 2 is 1.10 bits per heavy atom. The summed E-state index contributed by atoms with van der Waals surface area (Å²) in [7, 11) is 0. The minimum absolute atomic E-state index is 0.124. The van der Waals surface area contributed by atoms with E-state index in [-0.39, 0.29) is 23.7 Å². The van der Waals surface area contributed by atoms with Gasteiger partial charge in [0.2, 0.25) is 0 Å². The standard InChI is InChI=1S/C44H40N2O2/c1-6-45-38-18-11-10-15-36(38)37-27-33(25-26-39(37)45)41-40(32-23-21-31(22-24-32)20-19-30-13-8-7-9-14-30)43(47)46(44(41)48)42-34(28(2)3)16-12-17-35(42)29(4)5/h7-29H,6H2,1-5H3. The molecule has 1 aromatic heterocycles. The molecule has 0 unspecified atom stereocenters. The summed E-state index contributed by atoms with van der Waals surface area (Å²) in [5, 5.41) is 2.20. The van der Waals surface area contributed by atoms with Gasteiger partial charge >= 0.3 is 0 Å². The van der Waals surface area contributed by atoms with Crippen LogP contribution in [0.2, 0.25) is 0 Å². The fourth-order valence-corrected chi connectivity index (χ4v) is 7.11. The van der Waals surface area contributed by atoms with Gasteiger partial charge in [-0.15, -0.1) is 0 Å². The van der Waals surface area contributed by atoms with Crippen LogP contribution < -0.4 is 4.90 Å². The minimum Gasteiger partial charge on any atom is -0.341 e. The quantitative estimate of drug-likeness (QED) is 0.124. The first-order chi connectivity index (χ1) is 23.3. The van der Waals surface area contributed by atoms with Crippen LogP contribution in [0.5, 0.6) is 0 Å². The number of anilines is 1. The Bertz CT molecular complexity index is 2220. The van der Waals surface area contributed by atoms with Gasteiger partial charge in [0.05, 0.1) is 16.8 Å². The molecule has 238 valence electrons. The number of amides is 2. The van der Waals surface area contributed by atoms with Gasteiger partial charge in [0.1, 0.15) is 0 Å². The minimum atomic E-state index is -0.284. The van der Waals surface area contributed by atoms with Gasteiger partial charge in [-0.1, -0.05) is 137 Å². The van der Waals surface area contributed by atoms with E-state index in [1.807, 2.05) is 66.7 Å². The Hall–Kier alpha value is -5.48. The SMILES string of the molecule is CCn1c2ccccc2c2cc(C3=C(c4ccc(C=Cc5ccccc5)cc4)C(=O)N(c4c(C(C)C)cccc4C(C)C)C3=O)ccc21. The lowest BCUT2D eigenvalue weighted by molar-refractivity contribution is -0.119. The summed E-state index contributed by atoms with van der Waals surface area (Å²) in [4.78, 5) is 31.1. The molecule has 7 rings (SSSR count). The van der Waals surface area contributed by atoms with E-state index in [1.54, 1.807) is 0 Å². The molecule has 0 saturated heterocycles. The molecule has 1 aliphatic heterocycles. The van der Waals surface area contributed by atoms with Crippen LogP contribution in [0.25, 0.3) is 45.1 Å². The van der Waals surface area contributed by atoms with Crippen LogP contribution in [0.1, 0.15) is 79.8 Å². The number of imide groups is 1. The molecule has 0 atom stereocenters. The van der Waals surface area contributed by atoms with Crippen molar-refractivity contribution < 1.29 is 9.59 Å². The molecule has 0 N–H and O–H groups in total. The number of aromatic nitrogens is 1. The third-order valence-electron chi connectivity index (χ3n) is 9.49. The molecule has 0 radical (unpaired) electrons. The van der Waals surface area contributed by atoms with Crippen molar-refractivity contribution in [1.82, 2.24) is 4.57 Å². The molecular formula is C44H40N2O2. The average Bonchev–Trinajstić information content (AvgIpc) is 3.56. The van der Waals surface area contributed by atoms with Crippen molar-refractivity contribution in [2.24, 2.45) is 0 Å². The number of rotatable bonds is 8. The van der Waals surface area contributed by atoms with Gasteiger partial charge in [0.25, 0.3) is 11.8 Å². The normalized spacial score (nSPS) is 13.9. The Balaban J connectivity index is 1.42. The predicted molar refractivity (Wildman–Crippen MR) is 201 cm³/mol. The van der Waals surface area contributed by atoms with Gasteiger partial charge in [-0.05, 0) is 70.3 Å². The predicted octanol–water partition coefficient (Wildman–Crippen LogP) is 10.7. The molecule has 4 nitrogen and oxygen atoms in total. The summed E-state index contributed by atoms with van der Waals surface area (Å²) in [5.41, 5.74) is 9.45. The number of aryl methyl sites for hydroxylation is 1. The number of hydrogen-bond donors (Lipinski definition) is 0. The maximum atomic E-state index is 14.9. The Morgan fingerprint density at radius 1 is 0.562 bits per heavy atom. The van der Waals surface area contributed by atoms with E-state index >= 15 is 0 Å². The number of benzene rings is 5. The average molecular weight is 629 g/mol. The monoisotopic (exact) mass is 628 g/mol. The summed E-state index contributed by atoms with van der Waals surface area (Å²) in [6.45, 7) is 11.4. The number of carbonyl (C=O) groups excluding carboxylic acids is 2. The lowest BCUT2D eigenvalue weighted by atomic mass is 9.91. The fraction of sp³-hybridized carbons (Fsp3) is 0.182. The summed E-state index contributed by atoms with van der Waals surface area (Å²) >= 11 is 0. The molecule has 5 aromatic carbocycles. The number of nitrogens with zero attached hydrogens (tertiary/aromatic N) is 2. The molecule has 2 heterocycles. The zero-order valence-corrected chi connectivity index (χ0v) is 28.2. The summed E-state index contributed by atoms with van der Waals surface area (Å²) < 4.78 is 2.30. The maximum Gasteiger partial charge on any atom is 0.266 e. The van der Waals surface area contributed by atoms with E-state index in [9.17, 15) is 9.59 Å². The van der Waals surface area contributed by atoms with Crippen LogP contribution in [0.3, 0.4) is 0 Å². The van der Waals surface area contributed by atoms with Gasteiger partial charge in [0, 0.05) is 28.4 Å². The van der Waals surface area contributed by atoms with E-state index in [1.165, 1.54) is 4.90 Å². The second-order valence-corrected chi connectivity index (χ2v) is 13.1. The van der Waals surface area contributed by atoms with Crippen molar-refractivity contribution in [2.45, 2.75) is 53.0 Å². The second-order valence-electron chi connectivity index (χ2n) is 13.1. The zero-order chi connectivity index (χ0) is 33.5. The van der Waals surface area contributed by atoms with Crippen LogP contribution in [0.15, 0.2) is 115 Å². The Kier molecular flexibility index (Phi) is 8.18. The highest BCUT2D eigenvalue weighted by Crippen LogP contribution is 2.44. The van der Waals surface area contributed by atoms with Crippen LogP contribution >= 0.6 is 0 Å². The van der Waals surface area contributed by atoms with Crippen molar-refractivity contribution >= 4 is 62.6 Å². The first-order valence-electron chi connectivity index (χ1n) is 16.9. The molecule has 0 fully saturated rings. The zero-order valence-electron chi connectivity index (χ0n) is 28.2. The van der Waals surface area contributed by atoms with E-state index < -0.39 is 0 Å². The third kappa shape index (κ3) is 5.28. The molecule has 48 heavy (non-hydrogen) atoms. The molecule has 4 heteroatoms. The van der Waals surface area contributed by atoms with Gasteiger partial charge in [-0.2, -0.15) is 0 Å². The number of carbonyl (C=O) groups is 2. The van der Waals surface area contributed by atoms with Gasteiger partial charge in [-0.25, -0.2) is 4.90 Å². The van der Waals surface area contributed by atoms with Crippen molar-refractivity contribution in [2.75, 3.05) is 4.90 Å². The van der Waals surface area contributed by atoms with Crippen LogP contribution in [-0.2, 0) is 16.1 Å². The topological polar surface area (TPSA) is 42.3 Å². The van der Waals surface area contributed by atoms with Crippen molar-refractivity contribution in [3.8, 4) is 0 Å². The first kappa shape index (κ1) is 31.1. The number of hydrogen-bond acceptors (Lipinski definition) is 2. The maximum absolute atomic E-state index is 14.9.